The van der Waals surface area contributed by atoms with Gasteiger partial charge in [0.1, 0.15) is 0 Å². The molecule has 0 aromatic heterocycles. The van der Waals surface area contributed by atoms with E-state index in [4.69, 9.17) is 10.5 Å². The zero-order valence-electron chi connectivity index (χ0n) is 10.1. The predicted molar refractivity (Wildman–Crippen MR) is 66.7 cm³/mol. The summed E-state index contributed by atoms with van der Waals surface area (Å²) in [4.78, 5) is 13.8. The SMILES string of the molecule is COCc1ccccc1N1CCCC(N)C1=O. The van der Waals surface area contributed by atoms with Crippen LogP contribution in [0, 0.1) is 0 Å². The summed E-state index contributed by atoms with van der Waals surface area (Å²) in [5.74, 6) is 0.0137. The normalized spacial score (nSPS) is 20.7. The average Bonchev–Trinajstić information content (AvgIpc) is 2.34. The number of hydrogen-bond acceptors (Lipinski definition) is 3. The highest BCUT2D eigenvalue weighted by atomic mass is 16.5. The molecule has 1 aliphatic heterocycles. The van der Waals surface area contributed by atoms with Crippen molar-refractivity contribution in [2.24, 2.45) is 5.73 Å². The topological polar surface area (TPSA) is 55.6 Å². The minimum atomic E-state index is -0.362. The van der Waals surface area contributed by atoms with Crippen LogP contribution in [0.2, 0.25) is 0 Å². The number of anilines is 1. The van der Waals surface area contributed by atoms with Gasteiger partial charge in [-0.3, -0.25) is 4.79 Å². The fraction of sp³-hybridized carbons (Fsp3) is 0.462. The van der Waals surface area contributed by atoms with Gasteiger partial charge in [0.2, 0.25) is 5.91 Å². The number of carbonyl (C=O) groups is 1. The minimum absolute atomic E-state index is 0.0137. The highest BCUT2D eigenvalue weighted by Gasteiger charge is 2.27. The molecule has 1 aliphatic rings. The van der Waals surface area contributed by atoms with Crippen LogP contribution in [0.3, 0.4) is 0 Å². The van der Waals surface area contributed by atoms with Gasteiger partial charge in [0.05, 0.1) is 12.6 Å². The van der Waals surface area contributed by atoms with Crippen molar-refractivity contribution < 1.29 is 9.53 Å². The van der Waals surface area contributed by atoms with E-state index >= 15 is 0 Å². The second-order valence-electron chi connectivity index (χ2n) is 4.30. The molecule has 1 aromatic rings. The van der Waals surface area contributed by atoms with Crippen molar-refractivity contribution in [3.8, 4) is 0 Å². The molecule has 1 unspecified atom stereocenters. The Morgan fingerprint density at radius 1 is 1.47 bits per heavy atom. The van der Waals surface area contributed by atoms with Gasteiger partial charge < -0.3 is 15.4 Å². The van der Waals surface area contributed by atoms with Crippen molar-refractivity contribution in [2.45, 2.75) is 25.5 Å². The summed E-state index contributed by atoms with van der Waals surface area (Å²) in [6.07, 6.45) is 1.73. The van der Waals surface area contributed by atoms with Gasteiger partial charge in [-0.05, 0) is 18.9 Å². The lowest BCUT2D eigenvalue weighted by molar-refractivity contribution is -0.120. The summed E-state index contributed by atoms with van der Waals surface area (Å²) in [6, 6.07) is 7.45. The zero-order valence-corrected chi connectivity index (χ0v) is 10.1. The number of hydrogen-bond donors (Lipinski definition) is 1. The highest BCUT2D eigenvalue weighted by molar-refractivity contribution is 5.98. The van der Waals surface area contributed by atoms with Crippen LogP contribution in [0.4, 0.5) is 5.69 Å². The molecular formula is C13H18N2O2. The Morgan fingerprint density at radius 3 is 3.00 bits per heavy atom. The fourth-order valence-corrected chi connectivity index (χ4v) is 2.19. The van der Waals surface area contributed by atoms with E-state index in [1.54, 1.807) is 12.0 Å². The van der Waals surface area contributed by atoms with Crippen LogP contribution in [-0.2, 0) is 16.1 Å². The Hall–Kier alpha value is -1.39. The summed E-state index contributed by atoms with van der Waals surface area (Å²) in [5.41, 5.74) is 7.76. The van der Waals surface area contributed by atoms with Crippen molar-refractivity contribution in [2.75, 3.05) is 18.6 Å². The minimum Gasteiger partial charge on any atom is -0.380 e. The first-order chi connectivity index (χ1) is 8.24. The molecule has 2 N–H and O–H groups in total. The lowest BCUT2D eigenvalue weighted by atomic mass is 10.0. The third-order valence-corrected chi connectivity index (χ3v) is 3.06. The van der Waals surface area contributed by atoms with Crippen LogP contribution in [0.5, 0.6) is 0 Å². The number of benzene rings is 1. The Morgan fingerprint density at radius 2 is 2.24 bits per heavy atom. The molecule has 0 saturated carbocycles. The predicted octanol–water partition coefficient (Wildman–Crippen LogP) is 1.29. The largest absolute Gasteiger partial charge is 0.380 e. The number of para-hydroxylation sites is 1. The van der Waals surface area contributed by atoms with Crippen LogP contribution in [-0.4, -0.2) is 25.6 Å². The molecule has 2 rings (SSSR count). The smallest absolute Gasteiger partial charge is 0.243 e. The van der Waals surface area contributed by atoms with Gasteiger partial charge in [0.25, 0.3) is 0 Å². The maximum Gasteiger partial charge on any atom is 0.243 e. The summed E-state index contributed by atoms with van der Waals surface area (Å²) in [7, 11) is 1.65. The van der Waals surface area contributed by atoms with Crippen LogP contribution in [0.15, 0.2) is 24.3 Å². The third-order valence-electron chi connectivity index (χ3n) is 3.06. The second kappa shape index (κ2) is 5.29. The Bertz CT molecular complexity index is 406. The standard InChI is InChI=1S/C13H18N2O2/c1-17-9-10-5-2-3-7-12(10)15-8-4-6-11(14)13(15)16/h2-3,5,7,11H,4,6,8-9,14H2,1H3. The Kier molecular flexibility index (Phi) is 3.76. The van der Waals surface area contributed by atoms with Gasteiger partial charge in [-0.25, -0.2) is 0 Å². The molecule has 1 atom stereocenters. The van der Waals surface area contributed by atoms with E-state index in [-0.39, 0.29) is 11.9 Å². The second-order valence-corrected chi connectivity index (χ2v) is 4.30. The van der Waals surface area contributed by atoms with E-state index in [0.717, 1.165) is 30.6 Å². The average molecular weight is 234 g/mol. The molecule has 0 aliphatic carbocycles. The first-order valence-electron chi connectivity index (χ1n) is 5.88. The molecule has 1 fully saturated rings. The summed E-state index contributed by atoms with van der Waals surface area (Å²) in [5, 5.41) is 0. The number of ether oxygens (including phenoxy) is 1. The van der Waals surface area contributed by atoms with Crippen LogP contribution >= 0.6 is 0 Å². The van der Waals surface area contributed by atoms with Crippen molar-refractivity contribution in [1.82, 2.24) is 0 Å². The van der Waals surface area contributed by atoms with Gasteiger partial charge in [-0.15, -0.1) is 0 Å². The van der Waals surface area contributed by atoms with Gasteiger partial charge in [-0.1, -0.05) is 18.2 Å². The Labute approximate surface area is 101 Å². The molecule has 92 valence electrons. The van der Waals surface area contributed by atoms with E-state index in [2.05, 4.69) is 0 Å². The molecule has 0 spiro atoms. The quantitative estimate of drug-likeness (QED) is 0.857. The summed E-state index contributed by atoms with van der Waals surface area (Å²) in [6.45, 7) is 1.25. The number of carbonyl (C=O) groups excluding carboxylic acids is 1. The molecule has 4 heteroatoms. The molecule has 4 nitrogen and oxygen atoms in total. The van der Waals surface area contributed by atoms with Crippen LogP contribution in [0.1, 0.15) is 18.4 Å². The molecule has 17 heavy (non-hydrogen) atoms. The lowest BCUT2D eigenvalue weighted by Crippen LogP contribution is -2.48. The van der Waals surface area contributed by atoms with Crippen molar-refractivity contribution in [3.05, 3.63) is 29.8 Å². The van der Waals surface area contributed by atoms with Crippen molar-refractivity contribution >= 4 is 11.6 Å². The monoisotopic (exact) mass is 234 g/mol. The van der Waals surface area contributed by atoms with Crippen molar-refractivity contribution in [3.63, 3.8) is 0 Å². The number of methoxy groups -OCH3 is 1. The molecule has 0 radical (unpaired) electrons. The lowest BCUT2D eigenvalue weighted by Gasteiger charge is -2.31. The van der Waals surface area contributed by atoms with E-state index in [1.807, 2.05) is 24.3 Å². The fourth-order valence-electron chi connectivity index (χ4n) is 2.19. The van der Waals surface area contributed by atoms with Gasteiger partial charge >= 0.3 is 0 Å². The first kappa shape index (κ1) is 12.1. The molecule has 1 heterocycles. The van der Waals surface area contributed by atoms with Gasteiger partial charge in [0, 0.05) is 24.9 Å². The maximum atomic E-state index is 12.0. The van der Waals surface area contributed by atoms with E-state index in [9.17, 15) is 4.79 Å². The molecule has 0 bridgehead atoms. The number of amides is 1. The summed E-state index contributed by atoms with van der Waals surface area (Å²) >= 11 is 0. The summed E-state index contributed by atoms with van der Waals surface area (Å²) < 4.78 is 5.15. The Balaban J connectivity index is 2.29. The van der Waals surface area contributed by atoms with Gasteiger partial charge in [-0.2, -0.15) is 0 Å². The molecule has 1 amide bonds. The number of rotatable bonds is 3. The van der Waals surface area contributed by atoms with Gasteiger partial charge in [0.15, 0.2) is 0 Å². The number of nitrogens with zero attached hydrogens (tertiary/aromatic N) is 1. The number of nitrogens with two attached hydrogens (primary N) is 1. The van der Waals surface area contributed by atoms with E-state index in [0.29, 0.717) is 6.61 Å². The van der Waals surface area contributed by atoms with Crippen molar-refractivity contribution in [1.29, 1.82) is 0 Å². The van der Waals surface area contributed by atoms with E-state index < -0.39 is 0 Å². The maximum absolute atomic E-state index is 12.0. The van der Waals surface area contributed by atoms with Crippen LogP contribution < -0.4 is 10.6 Å². The molecule has 1 aromatic carbocycles. The van der Waals surface area contributed by atoms with Crippen LogP contribution in [0.25, 0.3) is 0 Å². The number of piperidine rings is 1. The highest BCUT2D eigenvalue weighted by Crippen LogP contribution is 2.25. The third kappa shape index (κ3) is 2.48. The zero-order chi connectivity index (χ0) is 12.3. The van der Waals surface area contributed by atoms with E-state index in [1.165, 1.54) is 0 Å². The molecule has 1 saturated heterocycles. The first-order valence-corrected chi connectivity index (χ1v) is 5.88. The molecular weight excluding hydrogens is 216 g/mol.